The van der Waals surface area contributed by atoms with Gasteiger partial charge in [0.15, 0.2) is 0 Å². The molecule has 0 unspecified atom stereocenters. The van der Waals surface area contributed by atoms with Crippen LogP contribution < -0.4 is 11.3 Å². The van der Waals surface area contributed by atoms with E-state index in [9.17, 15) is 4.79 Å². The molecule has 0 radical (unpaired) electrons. The fourth-order valence-corrected chi connectivity index (χ4v) is 2.50. The maximum absolute atomic E-state index is 11.2. The Morgan fingerprint density at radius 3 is 2.45 bits per heavy atom. The van der Waals surface area contributed by atoms with Crippen LogP contribution in [0, 0.1) is 0 Å². The molecule has 4 N–H and O–H groups in total. The second kappa shape index (κ2) is 7.38. The quantitative estimate of drug-likeness (QED) is 0.387. The zero-order valence-electron chi connectivity index (χ0n) is 11.7. The lowest BCUT2D eigenvalue weighted by atomic mass is 9.91. The summed E-state index contributed by atoms with van der Waals surface area (Å²) in [4.78, 5) is 13.5. The summed E-state index contributed by atoms with van der Waals surface area (Å²) in [6.07, 6.45) is 4.06. The first-order valence-electron chi connectivity index (χ1n) is 7.15. The van der Waals surface area contributed by atoms with E-state index in [0.717, 1.165) is 18.7 Å². The summed E-state index contributed by atoms with van der Waals surface area (Å²) in [6.45, 7) is 1.78. The Morgan fingerprint density at radius 1 is 1.30 bits per heavy atom. The normalized spacial score (nSPS) is 15.2. The van der Waals surface area contributed by atoms with Crippen LogP contribution in [-0.4, -0.2) is 35.1 Å². The highest BCUT2D eigenvalue weighted by atomic mass is 16.3. The van der Waals surface area contributed by atoms with Crippen LogP contribution >= 0.6 is 0 Å². The maximum Gasteiger partial charge on any atom is 0.238 e. The second-order valence-electron chi connectivity index (χ2n) is 5.34. The fraction of sp³-hybridized carbons (Fsp3) is 0.533. The van der Waals surface area contributed by atoms with Crippen molar-refractivity contribution in [1.82, 2.24) is 10.3 Å². The predicted molar refractivity (Wildman–Crippen MR) is 77.6 cm³/mol. The van der Waals surface area contributed by atoms with Gasteiger partial charge in [0.25, 0.3) is 0 Å². The van der Waals surface area contributed by atoms with Crippen molar-refractivity contribution in [2.75, 3.05) is 13.2 Å². The van der Waals surface area contributed by atoms with Crippen LogP contribution in [0.2, 0.25) is 0 Å². The molecule has 1 aromatic rings. The Bertz CT molecular complexity index is 429. The van der Waals surface area contributed by atoms with Gasteiger partial charge in [0.1, 0.15) is 0 Å². The monoisotopic (exact) mass is 277 g/mol. The number of benzene rings is 1. The van der Waals surface area contributed by atoms with Gasteiger partial charge in [0, 0.05) is 19.1 Å². The molecular formula is C15H23N3O2. The molecule has 1 fully saturated rings. The molecule has 0 spiro atoms. The Hall–Kier alpha value is -1.43. The van der Waals surface area contributed by atoms with E-state index < -0.39 is 0 Å². The van der Waals surface area contributed by atoms with E-state index in [-0.39, 0.29) is 12.5 Å². The number of rotatable bonds is 7. The molecule has 2 rings (SSSR count). The van der Waals surface area contributed by atoms with Gasteiger partial charge in [-0.05, 0) is 24.0 Å². The average molecular weight is 277 g/mol. The lowest BCUT2D eigenvalue weighted by molar-refractivity contribution is -0.120. The van der Waals surface area contributed by atoms with Crippen molar-refractivity contribution in [2.45, 2.75) is 38.3 Å². The lowest BCUT2D eigenvalue weighted by Crippen LogP contribution is -2.41. The van der Waals surface area contributed by atoms with E-state index in [4.69, 9.17) is 10.9 Å². The highest BCUT2D eigenvalue weighted by molar-refractivity contribution is 5.77. The summed E-state index contributed by atoms with van der Waals surface area (Å²) in [6, 6.07) is 8.62. The fourth-order valence-electron chi connectivity index (χ4n) is 2.50. The van der Waals surface area contributed by atoms with Gasteiger partial charge in [-0.2, -0.15) is 0 Å². The Labute approximate surface area is 119 Å². The van der Waals surface area contributed by atoms with Crippen molar-refractivity contribution < 1.29 is 9.90 Å². The molecule has 5 heteroatoms. The minimum atomic E-state index is -0.186. The van der Waals surface area contributed by atoms with Gasteiger partial charge in [-0.25, -0.2) is 5.84 Å². The number of nitrogens with two attached hydrogens (primary N) is 1. The van der Waals surface area contributed by atoms with E-state index >= 15 is 0 Å². The van der Waals surface area contributed by atoms with E-state index in [1.54, 1.807) is 0 Å². The third kappa shape index (κ3) is 4.03. The van der Waals surface area contributed by atoms with E-state index in [0.29, 0.717) is 12.5 Å². The molecule has 0 bridgehead atoms. The van der Waals surface area contributed by atoms with Crippen molar-refractivity contribution >= 4 is 5.91 Å². The van der Waals surface area contributed by atoms with E-state index in [1.807, 2.05) is 24.3 Å². The molecule has 5 nitrogen and oxygen atoms in total. The average Bonchev–Trinajstić information content (AvgIpc) is 2.39. The largest absolute Gasteiger partial charge is 0.395 e. The number of carbonyl (C=O) groups excluding carboxylic acids is 1. The summed E-state index contributed by atoms with van der Waals surface area (Å²) in [7, 11) is 0. The zero-order chi connectivity index (χ0) is 14.4. The number of aliphatic hydroxyl groups excluding tert-OH is 1. The predicted octanol–water partition coefficient (Wildman–Crippen LogP) is 0.566. The van der Waals surface area contributed by atoms with Crippen LogP contribution in [0.3, 0.4) is 0 Å². The van der Waals surface area contributed by atoms with Gasteiger partial charge < -0.3 is 5.11 Å². The molecule has 1 saturated carbocycles. The van der Waals surface area contributed by atoms with Crippen molar-refractivity contribution in [3.63, 3.8) is 0 Å². The first-order chi connectivity index (χ1) is 9.72. The first kappa shape index (κ1) is 15.0. The van der Waals surface area contributed by atoms with E-state index in [2.05, 4.69) is 10.3 Å². The Kier molecular flexibility index (Phi) is 5.52. The minimum Gasteiger partial charge on any atom is -0.395 e. The van der Waals surface area contributed by atoms with Crippen LogP contribution in [0.5, 0.6) is 0 Å². The van der Waals surface area contributed by atoms with Gasteiger partial charge in [-0.15, -0.1) is 0 Å². The third-order valence-corrected chi connectivity index (χ3v) is 3.91. The highest BCUT2D eigenvalue weighted by Crippen LogP contribution is 2.26. The minimum absolute atomic E-state index is 0.186. The molecule has 0 atom stereocenters. The number of carbonyl (C=O) groups is 1. The number of amides is 1. The van der Waals surface area contributed by atoms with Crippen molar-refractivity contribution in [3.05, 3.63) is 35.4 Å². The summed E-state index contributed by atoms with van der Waals surface area (Å²) < 4.78 is 0. The van der Waals surface area contributed by atoms with Crippen LogP contribution in [0.15, 0.2) is 24.3 Å². The van der Waals surface area contributed by atoms with Crippen molar-refractivity contribution in [1.29, 1.82) is 0 Å². The van der Waals surface area contributed by atoms with Gasteiger partial charge in [0.05, 0.1) is 13.0 Å². The second-order valence-corrected chi connectivity index (χ2v) is 5.34. The molecule has 110 valence electrons. The van der Waals surface area contributed by atoms with Gasteiger partial charge >= 0.3 is 0 Å². The molecular weight excluding hydrogens is 254 g/mol. The molecule has 20 heavy (non-hydrogen) atoms. The lowest BCUT2D eigenvalue weighted by Gasteiger charge is -2.37. The summed E-state index contributed by atoms with van der Waals surface area (Å²) in [5.74, 6) is 4.89. The van der Waals surface area contributed by atoms with Crippen LogP contribution in [0.4, 0.5) is 0 Å². The van der Waals surface area contributed by atoms with E-state index in [1.165, 1.54) is 24.8 Å². The van der Waals surface area contributed by atoms with Gasteiger partial charge in [0.2, 0.25) is 5.91 Å². The molecule has 1 aromatic carbocycles. The number of nitrogens with one attached hydrogen (secondary N) is 1. The van der Waals surface area contributed by atoms with Crippen molar-refractivity contribution in [2.24, 2.45) is 5.84 Å². The molecule has 1 amide bonds. The smallest absolute Gasteiger partial charge is 0.238 e. The topological polar surface area (TPSA) is 78.6 Å². The van der Waals surface area contributed by atoms with Crippen molar-refractivity contribution in [3.8, 4) is 0 Å². The van der Waals surface area contributed by atoms with Gasteiger partial charge in [-0.3, -0.25) is 15.1 Å². The molecule has 0 aliphatic heterocycles. The molecule has 1 aliphatic carbocycles. The number of hydrazine groups is 1. The number of hydrogen-bond acceptors (Lipinski definition) is 4. The maximum atomic E-state index is 11.2. The molecule has 0 aromatic heterocycles. The summed E-state index contributed by atoms with van der Waals surface area (Å²) in [5.41, 5.74) is 4.30. The Balaban J connectivity index is 1.92. The molecule has 1 aliphatic rings. The molecule has 0 heterocycles. The standard InChI is InChI=1S/C15H23N3O2/c16-17-15(20)10-12-4-6-13(7-5-12)11-18(8-9-19)14-2-1-3-14/h4-7,14,19H,1-3,8-11,16H2,(H,17,20). The SMILES string of the molecule is NNC(=O)Cc1ccc(CN(CCO)C2CCC2)cc1. The number of hydrogen-bond donors (Lipinski definition) is 3. The number of aliphatic hydroxyl groups is 1. The van der Waals surface area contributed by atoms with Crippen LogP contribution in [0.25, 0.3) is 0 Å². The first-order valence-corrected chi connectivity index (χ1v) is 7.15. The third-order valence-electron chi connectivity index (χ3n) is 3.91. The Morgan fingerprint density at radius 2 is 1.95 bits per heavy atom. The van der Waals surface area contributed by atoms with Crippen LogP contribution in [-0.2, 0) is 17.8 Å². The van der Waals surface area contributed by atoms with Gasteiger partial charge in [-0.1, -0.05) is 30.7 Å². The summed E-state index contributed by atoms with van der Waals surface area (Å²) >= 11 is 0. The zero-order valence-corrected chi connectivity index (χ0v) is 11.7. The highest BCUT2D eigenvalue weighted by Gasteiger charge is 2.24. The van der Waals surface area contributed by atoms with Crippen LogP contribution in [0.1, 0.15) is 30.4 Å². The summed E-state index contributed by atoms with van der Waals surface area (Å²) in [5, 5.41) is 9.16. The molecule has 0 saturated heterocycles. The number of nitrogens with zero attached hydrogens (tertiary/aromatic N) is 1.